The number of hydrogen-bond donors (Lipinski definition) is 1. The summed E-state index contributed by atoms with van der Waals surface area (Å²) < 4.78 is 0. The molecule has 0 spiro atoms. The van der Waals surface area contributed by atoms with E-state index in [0.29, 0.717) is 11.3 Å². The second kappa shape index (κ2) is 5.80. The van der Waals surface area contributed by atoms with E-state index in [4.69, 9.17) is 0 Å². The molecule has 18 heavy (non-hydrogen) atoms. The van der Waals surface area contributed by atoms with Crippen molar-refractivity contribution in [2.75, 3.05) is 5.32 Å². The summed E-state index contributed by atoms with van der Waals surface area (Å²) in [4.78, 5) is 22.8. The molecular weight excluding hydrogens is 226 g/mol. The minimum Gasteiger partial charge on any atom is -0.318 e. The van der Waals surface area contributed by atoms with E-state index in [1.165, 1.54) is 25.7 Å². The molecule has 1 aliphatic rings. The lowest BCUT2D eigenvalue weighted by atomic mass is 10.0. The van der Waals surface area contributed by atoms with Crippen LogP contribution >= 0.6 is 0 Å². The van der Waals surface area contributed by atoms with Crippen LogP contribution in [0, 0.1) is 0 Å². The summed E-state index contributed by atoms with van der Waals surface area (Å²) in [7, 11) is 0. The van der Waals surface area contributed by atoms with Crippen LogP contribution in [0.25, 0.3) is 0 Å². The first kappa shape index (κ1) is 12.8. The van der Waals surface area contributed by atoms with E-state index in [9.17, 15) is 9.59 Å². The molecule has 0 unspecified atom stereocenters. The van der Waals surface area contributed by atoms with E-state index in [-0.39, 0.29) is 0 Å². The second-order valence-corrected chi connectivity index (χ2v) is 4.83. The van der Waals surface area contributed by atoms with Crippen molar-refractivity contribution < 1.29 is 9.59 Å². The molecule has 0 aromatic heterocycles. The molecule has 0 radical (unpaired) electrons. The molecule has 1 amide bonds. The predicted octanol–water partition coefficient (Wildman–Crippen LogP) is 3.33. The van der Waals surface area contributed by atoms with Crippen molar-refractivity contribution >= 4 is 17.4 Å². The van der Waals surface area contributed by atoms with Crippen molar-refractivity contribution in [1.29, 1.82) is 0 Å². The van der Waals surface area contributed by atoms with Gasteiger partial charge < -0.3 is 5.32 Å². The Morgan fingerprint density at radius 2 is 1.83 bits per heavy atom. The summed E-state index contributed by atoms with van der Waals surface area (Å²) in [6, 6.07) is 5.69. The predicted molar refractivity (Wildman–Crippen MR) is 71.9 cm³/mol. The van der Waals surface area contributed by atoms with Gasteiger partial charge in [0.25, 0.3) is 11.7 Å². The Balaban J connectivity index is 1.92. The van der Waals surface area contributed by atoms with Crippen molar-refractivity contribution in [3.63, 3.8) is 0 Å². The van der Waals surface area contributed by atoms with E-state index in [1.54, 1.807) is 0 Å². The molecule has 96 valence electrons. The number of hydrogen-bond acceptors (Lipinski definition) is 2. The molecule has 0 fully saturated rings. The SMILES string of the molecule is CCCCCCCc1ccc2c(c1)C(=O)C(=O)N2. The van der Waals surface area contributed by atoms with Crippen LogP contribution in [0.5, 0.6) is 0 Å². The normalized spacial score (nSPS) is 13.6. The van der Waals surface area contributed by atoms with E-state index in [1.807, 2.05) is 18.2 Å². The average Bonchev–Trinajstić information content (AvgIpc) is 2.65. The second-order valence-electron chi connectivity index (χ2n) is 4.83. The van der Waals surface area contributed by atoms with Gasteiger partial charge in [0, 0.05) is 0 Å². The molecule has 3 nitrogen and oxygen atoms in total. The van der Waals surface area contributed by atoms with Crippen LogP contribution in [-0.4, -0.2) is 11.7 Å². The van der Waals surface area contributed by atoms with Crippen molar-refractivity contribution in [2.24, 2.45) is 0 Å². The van der Waals surface area contributed by atoms with Gasteiger partial charge in [-0.15, -0.1) is 0 Å². The molecular formula is C15H19NO2. The monoisotopic (exact) mass is 245 g/mol. The zero-order valence-electron chi connectivity index (χ0n) is 10.8. The fourth-order valence-electron chi connectivity index (χ4n) is 2.28. The maximum absolute atomic E-state index is 11.6. The van der Waals surface area contributed by atoms with E-state index >= 15 is 0 Å². The zero-order chi connectivity index (χ0) is 13.0. The molecule has 1 N–H and O–H groups in total. The molecule has 1 heterocycles. The third-order valence-corrected chi connectivity index (χ3v) is 3.35. The number of fused-ring (bicyclic) bond motifs is 1. The quantitative estimate of drug-likeness (QED) is 0.617. The van der Waals surface area contributed by atoms with Crippen molar-refractivity contribution in [1.82, 2.24) is 0 Å². The van der Waals surface area contributed by atoms with E-state index in [0.717, 1.165) is 18.4 Å². The number of aryl methyl sites for hydroxylation is 1. The summed E-state index contributed by atoms with van der Waals surface area (Å²) in [5.41, 5.74) is 2.33. The van der Waals surface area contributed by atoms with Crippen molar-refractivity contribution in [3.05, 3.63) is 29.3 Å². The number of anilines is 1. The van der Waals surface area contributed by atoms with Crippen LogP contribution in [0.3, 0.4) is 0 Å². The van der Waals surface area contributed by atoms with Crippen LogP contribution in [0.1, 0.15) is 54.9 Å². The van der Waals surface area contributed by atoms with Gasteiger partial charge in [-0.1, -0.05) is 38.7 Å². The smallest absolute Gasteiger partial charge is 0.296 e. The lowest BCUT2D eigenvalue weighted by Crippen LogP contribution is -2.12. The summed E-state index contributed by atoms with van der Waals surface area (Å²) in [6.45, 7) is 2.20. The van der Waals surface area contributed by atoms with Gasteiger partial charge in [0.15, 0.2) is 0 Å². The largest absolute Gasteiger partial charge is 0.318 e. The van der Waals surface area contributed by atoms with Gasteiger partial charge >= 0.3 is 0 Å². The number of Topliss-reactive ketones (excluding diaryl/α,β-unsaturated/α-hetero) is 1. The van der Waals surface area contributed by atoms with Gasteiger partial charge in [-0.3, -0.25) is 9.59 Å². The maximum atomic E-state index is 11.6. The molecule has 0 saturated heterocycles. The summed E-state index contributed by atoms with van der Waals surface area (Å²) in [5, 5.41) is 2.57. The lowest BCUT2D eigenvalue weighted by Gasteiger charge is -2.03. The molecule has 3 heteroatoms. The number of unbranched alkanes of at least 4 members (excludes halogenated alkanes) is 4. The number of carbonyl (C=O) groups excluding carboxylic acids is 2. The number of nitrogens with one attached hydrogen (secondary N) is 1. The Hall–Kier alpha value is -1.64. The highest BCUT2D eigenvalue weighted by Gasteiger charge is 2.27. The first-order valence-electron chi connectivity index (χ1n) is 6.71. The van der Waals surface area contributed by atoms with Crippen LogP contribution < -0.4 is 5.32 Å². The molecule has 0 aliphatic carbocycles. The number of carbonyl (C=O) groups is 2. The highest BCUT2D eigenvalue weighted by molar-refractivity contribution is 6.51. The Labute approximate surface area is 108 Å². The third-order valence-electron chi connectivity index (χ3n) is 3.35. The third kappa shape index (κ3) is 2.78. The minimum absolute atomic E-state index is 0.405. The number of amides is 1. The summed E-state index contributed by atoms with van der Waals surface area (Å²) >= 11 is 0. The Morgan fingerprint density at radius 1 is 1.06 bits per heavy atom. The lowest BCUT2D eigenvalue weighted by molar-refractivity contribution is -0.112. The Bertz CT molecular complexity index is 466. The molecule has 2 rings (SSSR count). The first-order valence-corrected chi connectivity index (χ1v) is 6.71. The van der Waals surface area contributed by atoms with Gasteiger partial charge in [0.2, 0.25) is 0 Å². The van der Waals surface area contributed by atoms with Crippen LogP contribution in [-0.2, 0) is 11.2 Å². The molecule has 0 saturated carbocycles. The van der Waals surface area contributed by atoms with Crippen LogP contribution in [0.4, 0.5) is 5.69 Å². The van der Waals surface area contributed by atoms with Gasteiger partial charge in [0.05, 0.1) is 11.3 Å². The van der Waals surface area contributed by atoms with Crippen LogP contribution in [0.2, 0.25) is 0 Å². The highest BCUT2D eigenvalue weighted by atomic mass is 16.2. The number of rotatable bonds is 6. The molecule has 1 aromatic carbocycles. The fraction of sp³-hybridized carbons (Fsp3) is 0.467. The molecule has 1 aromatic rings. The van der Waals surface area contributed by atoms with E-state index in [2.05, 4.69) is 12.2 Å². The summed E-state index contributed by atoms with van der Waals surface area (Å²) in [5.74, 6) is -0.914. The Morgan fingerprint density at radius 3 is 2.61 bits per heavy atom. The van der Waals surface area contributed by atoms with Crippen LogP contribution in [0.15, 0.2) is 18.2 Å². The van der Waals surface area contributed by atoms with Gasteiger partial charge in [-0.05, 0) is 30.5 Å². The molecule has 0 bridgehead atoms. The van der Waals surface area contributed by atoms with E-state index < -0.39 is 11.7 Å². The molecule has 1 aliphatic heterocycles. The first-order chi connectivity index (χ1) is 8.72. The van der Waals surface area contributed by atoms with Gasteiger partial charge in [-0.25, -0.2) is 0 Å². The minimum atomic E-state index is -0.509. The highest BCUT2D eigenvalue weighted by Crippen LogP contribution is 2.24. The summed E-state index contributed by atoms with van der Waals surface area (Å²) in [6.07, 6.45) is 7.19. The number of benzene rings is 1. The van der Waals surface area contributed by atoms with Gasteiger partial charge in [-0.2, -0.15) is 0 Å². The molecule has 0 atom stereocenters. The average molecular weight is 245 g/mol. The van der Waals surface area contributed by atoms with Crippen molar-refractivity contribution in [2.45, 2.75) is 45.4 Å². The maximum Gasteiger partial charge on any atom is 0.296 e. The topological polar surface area (TPSA) is 46.2 Å². The number of ketones is 1. The fourth-order valence-corrected chi connectivity index (χ4v) is 2.28. The zero-order valence-corrected chi connectivity index (χ0v) is 10.8. The van der Waals surface area contributed by atoms with Crippen molar-refractivity contribution in [3.8, 4) is 0 Å². The standard InChI is InChI=1S/C15H19NO2/c1-2-3-4-5-6-7-11-8-9-13-12(10-11)14(17)15(18)16-13/h8-10H,2-7H2,1H3,(H,16,17,18). The van der Waals surface area contributed by atoms with Gasteiger partial charge in [0.1, 0.15) is 0 Å². The Kier molecular flexibility index (Phi) is 4.13.